The van der Waals surface area contributed by atoms with Gasteiger partial charge in [-0.05, 0) is 25.5 Å². The van der Waals surface area contributed by atoms with Crippen LogP contribution in [-0.2, 0) is 19.1 Å². The average Bonchev–Trinajstić information content (AvgIpc) is 2.93. The summed E-state index contributed by atoms with van der Waals surface area (Å²) in [5, 5.41) is 5.51. The summed E-state index contributed by atoms with van der Waals surface area (Å²) in [5.41, 5.74) is 0.861. The number of carbonyl (C=O) groups is 1. The molecule has 2 aromatic rings. The normalized spacial score (nSPS) is 17.2. The van der Waals surface area contributed by atoms with Crippen molar-refractivity contribution in [2.45, 2.75) is 38.5 Å². The van der Waals surface area contributed by atoms with Gasteiger partial charge >= 0.3 is 12.2 Å². The van der Waals surface area contributed by atoms with Gasteiger partial charge in [-0.2, -0.15) is 13.2 Å². The quantitative estimate of drug-likeness (QED) is 0.882. The van der Waals surface area contributed by atoms with E-state index in [4.69, 9.17) is 0 Å². The SMILES string of the molecule is Cc1ccc(NC(=O)NC2CCc3nc(C(F)(F)F)cn3C2)cc1. The Labute approximate surface area is 136 Å². The van der Waals surface area contributed by atoms with Crippen molar-refractivity contribution >= 4 is 11.7 Å². The number of rotatable bonds is 2. The number of urea groups is 1. The second-order valence-corrected chi connectivity index (χ2v) is 5.89. The Morgan fingerprint density at radius 3 is 2.67 bits per heavy atom. The molecule has 1 atom stereocenters. The minimum Gasteiger partial charge on any atom is -0.333 e. The van der Waals surface area contributed by atoms with Crippen molar-refractivity contribution in [1.29, 1.82) is 0 Å². The Kier molecular flexibility index (Phi) is 4.21. The number of nitrogens with zero attached hydrogens (tertiary/aromatic N) is 2. The molecule has 1 aliphatic heterocycles. The molecule has 1 unspecified atom stereocenters. The number of hydrogen-bond donors (Lipinski definition) is 2. The lowest BCUT2D eigenvalue weighted by Crippen LogP contribution is -2.42. The Bertz CT molecular complexity index is 737. The minimum atomic E-state index is -4.45. The number of carbonyl (C=O) groups excluding carboxylic acids is 1. The fraction of sp³-hybridized carbons (Fsp3) is 0.375. The van der Waals surface area contributed by atoms with Crippen LogP contribution in [0.4, 0.5) is 23.7 Å². The van der Waals surface area contributed by atoms with Crippen LogP contribution >= 0.6 is 0 Å². The van der Waals surface area contributed by atoms with Crippen LogP contribution in [0.25, 0.3) is 0 Å². The number of alkyl halides is 3. The van der Waals surface area contributed by atoms with Crippen molar-refractivity contribution in [3.63, 3.8) is 0 Å². The number of aryl methyl sites for hydroxylation is 2. The van der Waals surface area contributed by atoms with Crippen molar-refractivity contribution in [1.82, 2.24) is 14.9 Å². The molecule has 2 amide bonds. The predicted molar refractivity (Wildman–Crippen MR) is 82.7 cm³/mol. The van der Waals surface area contributed by atoms with E-state index in [1.165, 1.54) is 4.57 Å². The summed E-state index contributed by atoms with van der Waals surface area (Å²) in [4.78, 5) is 15.6. The zero-order valence-corrected chi connectivity index (χ0v) is 13.0. The molecule has 5 nitrogen and oxygen atoms in total. The lowest BCUT2D eigenvalue weighted by atomic mass is 10.1. The van der Waals surface area contributed by atoms with Crippen LogP contribution in [0, 0.1) is 6.92 Å². The van der Waals surface area contributed by atoms with Gasteiger partial charge in [0.25, 0.3) is 0 Å². The molecule has 0 saturated carbocycles. The molecule has 0 spiro atoms. The molecular weight excluding hydrogens is 321 g/mol. The van der Waals surface area contributed by atoms with Crippen molar-refractivity contribution in [3.8, 4) is 0 Å². The second kappa shape index (κ2) is 6.18. The van der Waals surface area contributed by atoms with Gasteiger partial charge in [0.1, 0.15) is 5.82 Å². The zero-order chi connectivity index (χ0) is 17.3. The van der Waals surface area contributed by atoms with E-state index < -0.39 is 11.9 Å². The highest BCUT2D eigenvalue weighted by atomic mass is 19.4. The summed E-state index contributed by atoms with van der Waals surface area (Å²) in [6, 6.07) is 6.74. The largest absolute Gasteiger partial charge is 0.434 e. The first-order valence-electron chi connectivity index (χ1n) is 7.59. The van der Waals surface area contributed by atoms with Gasteiger partial charge in [0.15, 0.2) is 5.69 Å². The van der Waals surface area contributed by atoms with Gasteiger partial charge in [-0.25, -0.2) is 9.78 Å². The maximum atomic E-state index is 12.7. The fourth-order valence-corrected chi connectivity index (χ4v) is 2.69. The number of anilines is 1. The van der Waals surface area contributed by atoms with Gasteiger partial charge in [-0.15, -0.1) is 0 Å². The molecule has 3 rings (SSSR count). The number of fused-ring (bicyclic) bond motifs is 1. The van der Waals surface area contributed by atoms with Gasteiger partial charge < -0.3 is 15.2 Å². The Hall–Kier alpha value is -2.51. The maximum Gasteiger partial charge on any atom is 0.434 e. The molecule has 0 aliphatic carbocycles. The molecule has 0 radical (unpaired) electrons. The molecule has 128 valence electrons. The highest BCUT2D eigenvalue weighted by Gasteiger charge is 2.35. The lowest BCUT2D eigenvalue weighted by Gasteiger charge is -2.24. The van der Waals surface area contributed by atoms with Gasteiger partial charge in [0.05, 0.1) is 0 Å². The summed E-state index contributed by atoms with van der Waals surface area (Å²) in [6.07, 6.45) is -2.50. The molecule has 0 saturated heterocycles. The highest BCUT2D eigenvalue weighted by molar-refractivity contribution is 5.89. The van der Waals surface area contributed by atoms with E-state index >= 15 is 0 Å². The van der Waals surface area contributed by atoms with Crippen LogP contribution < -0.4 is 10.6 Å². The van der Waals surface area contributed by atoms with Crippen LogP contribution in [-0.4, -0.2) is 21.6 Å². The molecule has 8 heteroatoms. The van der Waals surface area contributed by atoms with E-state index in [1.54, 1.807) is 12.1 Å². The molecular formula is C16H17F3N4O. The fourth-order valence-electron chi connectivity index (χ4n) is 2.69. The number of imidazole rings is 1. The molecule has 1 aliphatic rings. The third kappa shape index (κ3) is 3.69. The highest BCUT2D eigenvalue weighted by Crippen LogP contribution is 2.29. The zero-order valence-electron chi connectivity index (χ0n) is 13.0. The van der Waals surface area contributed by atoms with E-state index in [9.17, 15) is 18.0 Å². The molecule has 2 heterocycles. The number of nitrogens with one attached hydrogen (secondary N) is 2. The van der Waals surface area contributed by atoms with Gasteiger partial charge in [-0.1, -0.05) is 17.7 Å². The molecule has 0 fully saturated rings. The first-order valence-corrected chi connectivity index (χ1v) is 7.59. The second-order valence-electron chi connectivity index (χ2n) is 5.89. The standard InChI is InChI=1S/C16H17F3N4O/c1-10-2-4-11(5-3-10)20-15(24)21-12-6-7-14-22-13(16(17,18)19)9-23(14)8-12/h2-5,9,12H,6-8H2,1H3,(H2,20,21,24). The third-order valence-electron chi connectivity index (χ3n) is 3.93. The van der Waals surface area contributed by atoms with Gasteiger partial charge in [0.2, 0.25) is 0 Å². The van der Waals surface area contributed by atoms with E-state index in [0.717, 1.165) is 11.8 Å². The van der Waals surface area contributed by atoms with E-state index in [2.05, 4.69) is 15.6 Å². The first kappa shape index (κ1) is 16.4. The van der Waals surface area contributed by atoms with Gasteiger partial charge in [-0.3, -0.25) is 0 Å². The average molecular weight is 338 g/mol. The third-order valence-corrected chi connectivity index (χ3v) is 3.93. The van der Waals surface area contributed by atoms with Crippen LogP contribution in [0.2, 0.25) is 0 Å². The minimum absolute atomic E-state index is 0.238. The van der Waals surface area contributed by atoms with Crippen LogP contribution in [0.15, 0.2) is 30.5 Å². The monoisotopic (exact) mass is 338 g/mol. The summed E-state index contributed by atoms with van der Waals surface area (Å²) >= 11 is 0. The number of benzene rings is 1. The number of halogens is 3. The molecule has 1 aromatic carbocycles. The van der Waals surface area contributed by atoms with Gasteiger partial charge in [0, 0.05) is 30.9 Å². The number of aromatic nitrogens is 2. The lowest BCUT2D eigenvalue weighted by molar-refractivity contribution is -0.141. The number of hydrogen-bond acceptors (Lipinski definition) is 2. The Morgan fingerprint density at radius 2 is 2.00 bits per heavy atom. The summed E-state index contributed by atoms with van der Waals surface area (Å²) in [5.74, 6) is 0.402. The van der Waals surface area contributed by atoms with E-state index in [0.29, 0.717) is 24.4 Å². The molecule has 1 aromatic heterocycles. The van der Waals surface area contributed by atoms with Crippen molar-refractivity contribution < 1.29 is 18.0 Å². The summed E-state index contributed by atoms with van der Waals surface area (Å²) in [7, 11) is 0. The summed E-state index contributed by atoms with van der Waals surface area (Å²) < 4.78 is 39.6. The molecule has 2 N–H and O–H groups in total. The first-order chi connectivity index (χ1) is 11.3. The number of amides is 2. The molecule has 0 bridgehead atoms. The summed E-state index contributed by atoms with van der Waals surface area (Å²) in [6.45, 7) is 2.23. The topological polar surface area (TPSA) is 59.0 Å². The van der Waals surface area contributed by atoms with Crippen LogP contribution in [0.5, 0.6) is 0 Å². The Morgan fingerprint density at radius 1 is 1.29 bits per heavy atom. The van der Waals surface area contributed by atoms with Crippen LogP contribution in [0.1, 0.15) is 23.5 Å². The van der Waals surface area contributed by atoms with Crippen molar-refractivity contribution in [2.24, 2.45) is 0 Å². The molecule has 24 heavy (non-hydrogen) atoms. The predicted octanol–water partition coefficient (Wildman–Crippen LogP) is 3.35. The van der Waals surface area contributed by atoms with Crippen molar-refractivity contribution in [2.75, 3.05) is 5.32 Å². The van der Waals surface area contributed by atoms with Crippen LogP contribution in [0.3, 0.4) is 0 Å². The smallest absolute Gasteiger partial charge is 0.333 e. The van der Waals surface area contributed by atoms with Crippen molar-refractivity contribution in [3.05, 3.63) is 47.5 Å². The van der Waals surface area contributed by atoms with E-state index in [1.807, 2.05) is 19.1 Å². The van der Waals surface area contributed by atoms with E-state index in [-0.39, 0.29) is 18.6 Å². The Balaban J connectivity index is 1.60. The maximum absolute atomic E-state index is 12.7.